The first kappa shape index (κ1) is 16.7. The minimum Gasteiger partial charge on any atom is -0.375 e. The Balaban J connectivity index is 0.00000200. The number of nitrogens with one attached hydrogen (secondary N) is 2. The highest BCUT2D eigenvalue weighted by molar-refractivity contribution is 5.95. The summed E-state index contributed by atoms with van der Waals surface area (Å²) in [5.41, 5.74) is 0.994. The maximum absolute atomic E-state index is 12.2. The molecule has 1 aromatic rings. The standard InChI is InChI=1S/C13H19N3O3.ClH/c1-8-6-10(13(18)16(3)7-8)15-12(17)11-9(2)19-5-4-14-11;/h6-7,9,11,14H,4-5H2,1-3H3,(H,15,17);1H/t9-,11+;/m1./s1. The van der Waals surface area contributed by atoms with Crippen molar-refractivity contribution >= 4 is 24.0 Å². The topological polar surface area (TPSA) is 72.4 Å². The largest absolute Gasteiger partial charge is 0.375 e. The molecule has 0 aliphatic carbocycles. The van der Waals surface area contributed by atoms with Crippen LogP contribution in [0.15, 0.2) is 17.1 Å². The molecule has 2 rings (SSSR count). The van der Waals surface area contributed by atoms with Crippen molar-refractivity contribution in [2.45, 2.75) is 26.0 Å². The van der Waals surface area contributed by atoms with E-state index in [4.69, 9.17) is 4.74 Å². The molecule has 2 heterocycles. The highest BCUT2D eigenvalue weighted by atomic mass is 35.5. The summed E-state index contributed by atoms with van der Waals surface area (Å²) >= 11 is 0. The van der Waals surface area contributed by atoms with Crippen LogP contribution < -0.4 is 16.2 Å². The van der Waals surface area contributed by atoms with Crippen LogP contribution in [-0.4, -0.2) is 35.8 Å². The number of morpholine rings is 1. The number of halogens is 1. The van der Waals surface area contributed by atoms with E-state index in [9.17, 15) is 9.59 Å². The lowest BCUT2D eigenvalue weighted by molar-refractivity contribution is -0.123. The number of amides is 1. The van der Waals surface area contributed by atoms with Crippen molar-refractivity contribution in [2.24, 2.45) is 7.05 Å². The number of anilines is 1. The van der Waals surface area contributed by atoms with Crippen molar-refractivity contribution in [3.05, 3.63) is 28.2 Å². The first-order chi connectivity index (χ1) is 8.99. The lowest BCUT2D eigenvalue weighted by atomic mass is 10.1. The van der Waals surface area contributed by atoms with Gasteiger partial charge in [-0.05, 0) is 25.5 Å². The average molecular weight is 302 g/mol. The number of carbonyl (C=O) groups is 1. The van der Waals surface area contributed by atoms with Gasteiger partial charge in [-0.15, -0.1) is 12.4 Å². The van der Waals surface area contributed by atoms with E-state index in [0.717, 1.165) is 5.56 Å². The number of aryl methyl sites for hydroxylation is 2. The van der Waals surface area contributed by atoms with Crippen LogP contribution in [0.4, 0.5) is 5.69 Å². The van der Waals surface area contributed by atoms with Gasteiger partial charge in [0.15, 0.2) is 0 Å². The van der Waals surface area contributed by atoms with Crippen molar-refractivity contribution in [2.75, 3.05) is 18.5 Å². The third-order valence-corrected chi connectivity index (χ3v) is 3.18. The second-order valence-electron chi connectivity index (χ2n) is 4.84. The lowest BCUT2D eigenvalue weighted by Crippen LogP contribution is -2.53. The Morgan fingerprint density at radius 1 is 1.55 bits per heavy atom. The van der Waals surface area contributed by atoms with Crippen LogP contribution in [0.2, 0.25) is 0 Å². The van der Waals surface area contributed by atoms with E-state index >= 15 is 0 Å². The van der Waals surface area contributed by atoms with Crippen molar-refractivity contribution < 1.29 is 9.53 Å². The van der Waals surface area contributed by atoms with Gasteiger partial charge in [0.25, 0.3) is 5.56 Å². The minimum atomic E-state index is -0.432. The maximum atomic E-state index is 12.2. The smallest absolute Gasteiger partial charge is 0.274 e. The molecule has 0 spiro atoms. The molecule has 0 radical (unpaired) electrons. The zero-order chi connectivity index (χ0) is 14.0. The summed E-state index contributed by atoms with van der Waals surface area (Å²) in [6.07, 6.45) is 1.52. The van der Waals surface area contributed by atoms with Gasteiger partial charge in [0.2, 0.25) is 5.91 Å². The number of hydrogen-bond acceptors (Lipinski definition) is 4. The molecule has 6 nitrogen and oxygen atoms in total. The molecule has 20 heavy (non-hydrogen) atoms. The SMILES string of the molecule is Cc1cc(NC(=O)[C@H]2NCCO[C@@H]2C)c(=O)n(C)c1.Cl. The molecule has 1 fully saturated rings. The lowest BCUT2D eigenvalue weighted by Gasteiger charge is -2.29. The number of hydrogen-bond donors (Lipinski definition) is 2. The van der Waals surface area contributed by atoms with E-state index in [1.54, 1.807) is 19.3 Å². The predicted molar refractivity (Wildman–Crippen MR) is 79.5 cm³/mol. The number of nitrogens with zero attached hydrogens (tertiary/aromatic N) is 1. The fourth-order valence-corrected chi connectivity index (χ4v) is 2.21. The van der Waals surface area contributed by atoms with E-state index in [2.05, 4.69) is 10.6 Å². The van der Waals surface area contributed by atoms with Crippen LogP contribution in [0.1, 0.15) is 12.5 Å². The second kappa shape index (κ2) is 6.88. The molecule has 1 aliphatic heterocycles. The average Bonchev–Trinajstić information content (AvgIpc) is 2.35. The Hall–Kier alpha value is -1.37. The molecule has 112 valence electrons. The summed E-state index contributed by atoms with van der Waals surface area (Å²) in [7, 11) is 1.66. The summed E-state index contributed by atoms with van der Waals surface area (Å²) in [5, 5.41) is 5.77. The molecule has 1 saturated heterocycles. The van der Waals surface area contributed by atoms with Gasteiger partial charge in [0.1, 0.15) is 11.7 Å². The molecule has 0 saturated carbocycles. The van der Waals surface area contributed by atoms with Gasteiger partial charge in [-0.2, -0.15) is 0 Å². The predicted octanol–water partition coefficient (Wildman–Crippen LogP) is 0.431. The van der Waals surface area contributed by atoms with Crippen molar-refractivity contribution in [1.29, 1.82) is 0 Å². The quantitative estimate of drug-likeness (QED) is 0.831. The Morgan fingerprint density at radius 2 is 2.25 bits per heavy atom. The Kier molecular flexibility index (Phi) is 5.74. The van der Waals surface area contributed by atoms with Crippen LogP contribution in [0.5, 0.6) is 0 Å². The van der Waals surface area contributed by atoms with Gasteiger partial charge in [-0.25, -0.2) is 0 Å². The number of rotatable bonds is 2. The van der Waals surface area contributed by atoms with E-state index in [0.29, 0.717) is 18.8 Å². The Labute approximate surface area is 123 Å². The van der Waals surface area contributed by atoms with Crippen molar-refractivity contribution in [3.63, 3.8) is 0 Å². The normalized spacial score (nSPS) is 21.9. The van der Waals surface area contributed by atoms with Gasteiger partial charge in [-0.3, -0.25) is 9.59 Å². The highest BCUT2D eigenvalue weighted by Gasteiger charge is 2.28. The first-order valence-corrected chi connectivity index (χ1v) is 6.32. The minimum absolute atomic E-state index is 0. The van der Waals surface area contributed by atoms with Gasteiger partial charge < -0.3 is 19.9 Å². The molecule has 0 aromatic carbocycles. The van der Waals surface area contributed by atoms with Crippen molar-refractivity contribution in [3.8, 4) is 0 Å². The van der Waals surface area contributed by atoms with Crippen LogP contribution in [-0.2, 0) is 16.6 Å². The molecule has 7 heteroatoms. The van der Waals surface area contributed by atoms with E-state index in [-0.39, 0.29) is 30.0 Å². The van der Waals surface area contributed by atoms with E-state index < -0.39 is 6.04 Å². The third-order valence-electron chi connectivity index (χ3n) is 3.18. The summed E-state index contributed by atoms with van der Waals surface area (Å²) in [6, 6.07) is 1.24. The molecule has 1 aromatic heterocycles. The van der Waals surface area contributed by atoms with Gasteiger partial charge >= 0.3 is 0 Å². The molecule has 1 aliphatic rings. The summed E-state index contributed by atoms with van der Waals surface area (Å²) in [4.78, 5) is 24.1. The second-order valence-corrected chi connectivity index (χ2v) is 4.84. The number of carbonyl (C=O) groups excluding carboxylic acids is 1. The van der Waals surface area contributed by atoms with Crippen molar-refractivity contribution in [1.82, 2.24) is 9.88 Å². The Morgan fingerprint density at radius 3 is 2.90 bits per heavy atom. The summed E-state index contributed by atoms with van der Waals surface area (Å²) < 4.78 is 6.88. The molecule has 2 N–H and O–H groups in total. The monoisotopic (exact) mass is 301 g/mol. The Bertz CT molecular complexity index is 544. The summed E-state index contributed by atoms with van der Waals surface area (Å²) in [5.74, 6) is -0.241. The fourth-order valence-electron chi connectivity index (χ4n) is 2.21. The fraction of sp³-hybridized carbons (Fsp3) is 0.538. The molecule has 2 atom stereocenters. The number of ether oxygens (including phenoxy) is 1. The molecule has 0 bridgehead atoms. The van der Waals surface area contributed by atoms with Gasteiger partial charge in [0.05, 0.1) is 12.7 Å². The molecule has 1 amide bonds. The maximum Gasteiger partial charge on any atom is 0.274 e. The van der Waals surface area contributed by atoms with Crippen LogP contribution in [0.25, 0.3) is 0 Å². The van der Waals surface area contributed by atoms with Gasteiger partial charge in [0, 0.05) is 19.8 Å². The van der Waals surface area contributed by atoms with Crippen LogP contribution in [0, 0.1) is 6.92 Å². The zero-order valence-corrected chi connectivity index (χ0v) is 12.6. The zero-order valence-electron chi connectivity index (χ0n) is 11.8. The summed E-state index contributed by atoms with van der Waals surface area (Å²) in [6.45, 7) is 4.94. The van der Waals surface area contributed by atoms with Crippen LogP contribution in [0.3, 0.4) is 0 Å². The highest BCUT2D eigenvalue weighted by Crippen LogP contribution is 2.08. The number of aromatic nitrogens is 1. The van der Waals surface area contributed by atoms with Crippen LogP contribution >= 0.6 is 12.4 Å². The first-order valence-electron chi connectivity index (χ1n) is 6.32. The van der Waals surface area contributed by atoms with E-state index in [1.165, 1.54) is 4.57 Å². The van der Waals surface area contributed by atoms with Gasteiger partial charge in [-0.1, -0.05) is 0 Å². The number of pyridine rings is 1. The molecular formula is C13H20ClN3O3. The third kappa shape index (κ3) is 3.59. The van der Waals surface area contributed by atoms with E-state index in [1.807, 2.05) is 13.8 Å². The molecular weight excluding hydrogens is 282 g/mol. The molecule has 0 unspecified atom stereocenters.